The highest BCUT2D eigenvalue weighted by molar-refractivity contribution is 9.10. The van der Waals surface area contributed by atoms with E-state index in [1.54, 1.807) is 0 Å². The minimum absolute atomic E-state index is 0.247. The molecule has 0 unspecified atom stereocenters. The average Bonchev–Trinajstić information content (AvgIpc) is 3.01. The predicted octanol–water partition coefficient (Wildman–Crippen LogP) is 6.58. The lowest BCUT2D eigenvalue weighted by Gasteiger charge is -2.38. The smallest absolute Gasteiger partial charge is 0.0826 e. The lowest BCUT2D eigenvalue weighted by atomic mass is 9.77. The summed E-state index contributed by atoms with van der Waals surface area (Å²) in [6, 6.07) is 12.8. The third-order valence-electron chi connectivity index (χ3n) is 4.66. The van der Waals surface area contributed by atoms with Crippen LogP contribution in [0.15, 0.2) is 53.0 Å². The van der Waals surface area contributed by atoms with Crippen LogP contribution in [0.1, 0.15) is 29.5 Å². The molecule has 2 aromatic rings. The molecule has 1 nitrogen and oxygen atoms in total. The van der Waals surface area contributed by atoms with Gasteiger partial charge in [-0.2, -0.15) is 0 Å². The van der Waals surface area contributed by atoms with Gasteiger partial charge >= 0.3 is 0 Å². The molecule has 1 N–H and O–H groups in total. The standard InChI is InChI=1S/C18H14BrCl2N/c19-11-6-4-10(5-7-11)17-13-3-1-2-12(13)14-8-9-15(20)16(21)18(14)22-17/h1-2,4-9,12-13,17,22H,3H2/t12-,13-,17-/m0/s1. The van der Waals surface area contributed by atoms with Crippen LogP contribution in [0, 0.1) is 5.92 Å². The summed E-state index contributed by atoms with van der Waals surface area (Å²) in [6.07, 6.45) is 5.67. The molecule has 0 fully saturated rings. The molecule has 4 rings (SSSR count). The van der Waals surface area contributed by atoms with Crippen molar-refractivity contribution in [1.29, 1.82) is 0 Å². The molecule has 0 saturated heterocycles. The summed E-state index contributed by atoms with van der Waals surface area (Å²) < 4.78 is 1.09. The Hall–Kier alpha value is -0.960. The van der Waals surface area contributed by atoms with Gasteiger partial charge in [0.05, 0.1) is 21.8 Å². The number of anilines is 1. The summed E-state index contributed by atoms with van der Waals surface area (Å²) in [5.74, 6) is 0.922. The molecule has 0 amide bonds. The lowest BCUT2D eigenvalue weighted by molar-refractivity contribution is 0.425. The van der Waals surface area contributed by atoms with Crippen LogP contribution in [-0.2, 0) is 0 Å². The second-order valence-corrected chi connectivity index (χ2v) is 7.55. The van der Waals surface area contributed by atoms with Crippen molar-refractivity contribution in [2.45, 2.75) is 18.4 Å². The predicted molar refractivity (Wildman–Crippen MR) is 97.0 cm³/mol. The van der Waals surface area contributed by atoms with Crippen LogP contribution in [0.5, 0.6) is 0 Å². The lowest BCUT2D eigenvalue weighted by Crippen LogP contribution is -2.29. The zero-order chi connectivity index (χ0) is 15.3. The van der Waals surface area contributed by atoms with Crippen LogP contribution >= 0.6 is 39.1 Å². The number of hydrogen-bond donors (Lipinski definition) is 1. The number of halogens is 3. The van der Waals surface area contributed by atoms with E-state index >= 15 is 0 Å². The maximum atomic E-state index is 6.45. The van der Waals surface area contributed by atoms with E-state index in [-0.39, 0.29) is 6.04 Å². The van der Waals surface area contributed by atoms with E-state index in [2.05, 4.69) is 63.7 Å². The van der Waals surface area contributed by atoms with Crippen LogP contribution in [0.3, 0.4) is 0 Å². The minimum Gasteiger partial charge on any atom is -0.376 e. The SMILES string of the molecule is Clc1ccc2c(c1Cl)N[C@@H](c1ccc(Br)cc1)[C@H]1CC=C[C@H]21. The van der Waals surface area contributed by atoms with E-state index in [0.717, 1.165) is 16.6 Å². The van der Waals surface area contributed by atoms with Gasteiger partial charge in [0.1, 0.15) is 0 Å². The van der Waals surface area contributed by atoms with E-state index in [9.17, 15) is 0 Å². The molecule has 0 aromatic heterocycles. The van der Waals surface area contributed by atoms with E-state index in [4.69, 9.17) is 23.2 Å². The molecule has 1 aliphatic heterocycles. The van der Waals surface area contributed by atoms with Gasteiger partial charge in [0.15, 0.2) is 0 Å². The van der Waals surface area contributed by atoms with Crippen LogP contribution in [0.25, 0.3) is 0 Å². The third kappa shape index (κ3) is 2.29. The van der Waals surface area contributed by atoms with Gasteiger partial charge in [-0.3, -0.25) is 0 Å². The number of rotatable bonds is 1. The van der Waals surface area contributed by atoms with Crippen LogP contribution < -0.4 is 5.32 Å². The van der Waals surface area contributed by atoms with Crippen molar-refractivity contribution in [3.05, 3.63) is 74.2 Å². The van der Waals surface area contributed by atoms with Crippen molar-refractivity contribution in [3.63, 3.8) is 0 Å². The number of hydrogen-bond acceptors (Lipinski definition) is 1. The normalized spacial score (nSPS) is 25.5. The summed E-state index contributed by atoms with van der Waals surface area (Å²) in [5.41, 5.74) is 3.51. The summed E-state index contributed by atoms with van der Waals surface area (Å²) in [5, 5.41) is 4.87. The highest BCUT2D eigenvalue weighted by atomic mass is 79.9. The molecule has 1 heterocycles. The van der Waals surface area contributed by atoms with Gasteiger partial charge in [0, 0.05) is 10.4 Å². The first kappa shape index (κ1) is 14.6. The van der Waals surface area contributed by atoms with Gasteiger partial charge in [0.25, 0.3) is 0 Å². The first-order valence-corrected chi connectivity index (χ1v) is 8.86. The van der Waals surface area contributed by atoms with Gasteiger partial charge in [-0.25, -0.2) is 0 Å². The van der Waals surface area contributed by atoms with E-state index in [0.29, 0.717) is 21.9 Å². The fourth-order valence-electron chi connectivity index (χ4n) is 3.60. The Morgan fingerprint density at radius 2 is 1.82 bits per heavy atom. The molecular formula is C18H14BrCl2N. The number of fused-ring (bicyclic) bond motifs is 3. The Morgan fingerprint density at radius 1 is 1.05 bits per heavy atom. The summed E-state index contributed by atoms with van der Waals surface area (Å²) >= 11 is 16.2. The fraction of sp³-hybridized carbons (Fsp3) is 0.222. The monoisotopic (exact) mass is 393 g/mol. The Labute approximate surface area is 148 Å². The molecular weight excluding hydrogens is 381 g/mol. The first-order valence-electron chi connectivity index (χ1n) is 7.31. The quantitative estimate of drug-likeness (QED) is 0.538. The Morgan fingerprint density at radius 3 is 2.59 bits per heavy atom. The van der Waals surface area contributed by atoms with Gasteiger partial charge in [0.2, 0.25) is 0 Å². The van der Waals surface area contributed by atoms with Gasteiger partial charge in [-0.05, 0) is 41.7 Å². The van der Waals surface area contributed by atoms with Gasteiger partial charge in [-0.15, -0.1) is 0 Å². The molecule has 0 saturated carbocycles. The summed E-state index contributed by atoms with van der Waals surface area (Å²) in [4.78, 5) is 0. The molecule has 2 aliphatic rings. The second kappa shape index (κ2) is 5.59. The maximum absolute atomic E-state index is 6.45. The maximum Gasteiger partial charge on any atom is 0.0826 e. The summed E-state index contributed by atoms with van der Waals surface area (Å²) in [6.45, 7) is 0. The number of allylic oxidation sites excluding steroid dienone is 2. The van der Waals surface area contributed by atoms with Gasteiger partial charge < -0.3 is 5.32 Å². The molecule has 22 heavy (non-hydrogen) atoms. The van der Waals surface area contributed by atoms with Crippen LogP contribution in [0.4, 0.5) is 5.69 Å². The highest BCUT2D eigenvalue weighted by Gasteiger charge is 2.38. The molecule has 2 aromatic carbocycles. The topological polar surface area (TPSA) is 12.0 Å². The van der Waals surface area contributed by atoms with Crippen LogP contribution in [0.2, 0.25) is 10.0 Å². The molecule has 1 aliphatic carbocycles. The fourth-order valence-corrected chi connectivity index (χ4v) is 4.25. The molecule has 4 heteroatoms. The zero-order valence-corrected chi connectivity index (χ0v) is 14.8. The van der Waals surface area contributed by atoms with Crippen molar-refractivity contribution in [1.82, 2.24) is 0 Å². The second-order valence-electron chi connectivity index (χ2n) is 5.85. The van der Waals surface area contributed by atoms with Crippen molar-refractivity contribution in [2.75, 3.05) is 5.32 Å². The zero-order valence-electron chi connectivity index (χ0n) is 11.7. The van der Waals surface area contributed by atoms with E-state index in [1.165, 1.54) is 11.1 Å². The van der Waals surface area contributed by atoms with Crippen molar-refractivity contribution >= 4 is 44.8 Å². The largest absolute Gasteiger partial charge is 0.376 e. The van der Waals surface area contributed by atoms with Crippen molar-refractivity contribution in [2.24, 2.45) is 5.92 Å². The minimum atomic E-state index is 0.247. The Balaban J connectivity index is 1.82. The first-order chi connectivity index (χ1) is 10.6. The molecule has 0 spiro atoms. The highest BCUT2D eigenvalue weighted by Crippen LogP contribution is 2.52. The van der Waals surface area contributed by atoms with E-state index < -0.39 is 0 Å². The van der Waals surface area contributed by atoms with E-state index in [1.807, 2.05) is 6.07 Å². The Bertz CT molecular complexity index is 754. The molecule has 112 valence electrons. The number of benzene rings is 2. The molecule has 0 radical (unpaired) electrons. The number of nitrogens with one attached hydrogen (secondary N) is 1. The Kier molecular flexibility index (Phi) is 3.72. The van der Waals surface area contributed by atoms with Gasteiger partial charge in [-0.1, -0.05) is 69.5 Å². The van der Waals surface area contributed by atoms with Crippen molar-refractivity contribution < 1.29 is 0 Å². The van der Waals surface area contributed by atoms with Crippen molar-refractivity contribution in [3.8, 4) is 0 Å². The van der Waals surface area contributed by atoms with Crippen LogP contribution in [-0.4, -0.2) is 0 Å². The summed E-state index contributed by atoms with van der Waals surface area (Å²) in [7, 11) is 0. The third-order valence-corrected chi connectivity index (χ3v) is 5.99. The average molecular weight is 395 g/mol. The molecule has 0 bridgehead atoms. The molecule has 3 atom stereocenters.